The number of rotatable bonds is 9. The molecule has 4 aromatic heterocycles. The fraction of sp³-hybridized carbons (Fsp3) is 0.375. The molecule has 2 fully saturated rings. The number of halogens is 1. The molecule has 2 aliphatic rings. The Balaban J connectivity index is 1.42. The first-order valence-electron chi connectivity index (χ1n) is 15.2. The number of carbonyl (C=O) groups excluding carboxylic acids is 1. The number of aromatic amines is 1. The molecule has 0 saturated heterocycles. The van der Waals surface area contributed by atoms with Crippen molar-refractivity contribution < 1.29 is 17.9 Å². The van der Waals surface area contributed by atoms with Crippen molar-refractivity contribution in [3.8, 4) is 17.1 Å². The first-order chi connectivity index (χ1) is 22.1. The monoisotopic (exact) mass is 755 g/mol. The number of benzene rings is 1. The van der Waals surface area contributed by atoms with Crippen molar-refractivity contribution in [2.75, 3.05) is 7.11 Å². The Morgan fingerprint density at radius 2 is 1.93 bits per heavy atom. The van der Waals surface area contributed by atoms with E-state index in [-0.39, 0.29) is 40.0 Å². The van der Waals surface area contributed by atoms with Gasteiger partial charge >= 0.3 is 5.69 Å². The number of pyridine rings is 1. The van der Waals surface area contributed by atoms with Crippen LogP contribution in [0.25, 0.3) is 33.3 Å². The average molecular weight is 756 g/mol. The quantitative estimate of drug-likeness (QED) is 0.161. The van der Waals surface area contributed by atoms with Crippen LogP contribution in [0, 0.1) is 9.49 Å². The molecule has 4 heterocycles. The summed E-state index contributed by atoms with van der Waals surface area (Å²) < 4.78 is 39.5. The average Bonchev–Trinajstić information content (AvgIpc) is 3.67. The summed E-state index contributed by atoms with van der Waals surface area (Å²) in [5.41, 5.74) is 1.44. The van der Waals surface area contributed by atoms with Crippen LogP contribution in [0.15, 0.2) is 65.1 Å². The van der Waals surface area contributed by atoms with Gasteiger partial charge in [0.1, 0.15) is 0 Å². The lowest BCUT2D eigenvalue weighted by Crippen LogP contribution is -2.51. The summed E-state index contributed by atoms with van der Waals surface area (Å²) in [7, 11) is -0.942. The van der Waals surface area contributed by atoms with Gasteiger partial charge in [-0.25, -0.2) is 22.2 Å². The summed E-state index contributed by atoms with van der Waals surface area (Å²) in [6, 6.07) is 8.01. The first kappa shape index (κ1) is 30.7. The molecule has 12 nitrogen and oxygen atoms in total. The van der Waals surface area contributed by atoms with E-state index in [1.54, 1.807) is 52.8 Å². The number of nitrogens with one attached hydrogen (secondary N) is 2. The molecule has 240 valence electrons. The summed E-state index contributed by atoms with van der Waals surface area (Å²) in [5.74, 6) is 0.461. The topological polar surface area (TPSA) is 146 Å². The number of amides is 1. The van der Waals surface area contributed by atoms with Gasteiger partial charge in [-0.2, -0.15) is 0 Å². The van der Waals surface area contributed by atoms with Gasteiger partial charge in [0.05, 0.1) is 49.4 Å². The number of hydrogen-bond donors (Lipinski definition) is 2. The normalized spacial score (nSPS) is 20.3. The van der Waals surface area contributed by atoms with Gasteiger partial charge in [-0.15, -0.1) is 11.7 Å². The number of H-pyrrole nitrogens is 1. The molecule has 1 amide bonds. The Bertz CT molecular complexity index is 2170. The van der Waals surface area contributed by atoms with Crippen LogP contribution in [0.2, 0.25) is 0 Å². The molecular formula is C32H34IN7O5S. The fourth-order valence-electron chi connectivity index (χ4n) is 6.85. The van der Waals surface area contributed by atoms with Crippen molar-refractivity contribution in [1.29, 1.82) is 0 Å². The number of carbonyl (C=O) groups is 1. The maximum atomic E-state index is 14.4. The molecular weight excluding hydrogens is 721 g/mol. The van der Waals surface area contributed by atoms with Gasteiger partial charge in [-0.3, -0.25) is 14.0 Å². The van der Waals surface area contributed by atoms with Crippen LogP contribution in [0.1, 0.15) is 51.0 Å². The van der Waals surface area contributed by atoms with Crippen LogP contribution in [0.5, 0.6) is 5.88 Å². The molecule has 2 saturated carbocycles. The SMILES string of the molecule is C=CCC1(NC(=O)C2CC2)CCC(n2c(=O)[nH]c3cnc4c(c(I)c(-c5cn(C)nc5OC)n4S(=O)(=O)c4ccccc4)c32)CC1. The van der Waals surface area contributed by atoms with Gasteiger partial charge < -0.3 is 15.0 Å². The van der Waals surface area contributed by atoms with Crippen LogP contribution in [-0.2, 0) is 21.9 Å². The lowest BCUT2D eigenvalue weighted by Gasteiger charge is -2.41. The number of nitrogens with zero attached hydrogens (tertiary/aromatic N) is 5. The van der Waals surface area contributed by atoms with Gasteiger partial charge in [0.15, 0.2) is 5.65 Å². The van der Waals surface area contributed by atoms with Gasteiger partial charge in [0.25, 0.3) is 10.0 Å². The van der Waals surface area contributed by atoms with Crippen LogP contribution >= 0.6 is 22.6 Å². The first-order valence-corrected chi connectivity index (χ1v) is 17.7. The van der Waals surface area contributed by atoms with E-state index < -0.39 is 15.6 Å². The van der Waals surface area contributed by atoms with Crippen molar-refractivity contribution in [3.05, 3.63) is 69.4 Å². The van der Waals surface area contributed by atoms with Gasteiger partial charge in [-0.05, 0) is 79.7 Å². The second-order valence-electron chi connectivity index (χ2n) is 12.3. The lowest BCUT2D eigenvalue weighted by molar-refractivity contribution is -0.124. The summed E-state index contributed by atoms with van der Waals surface area (Å²) >= 11 is 2.15. The molecule has 1 aromatic carbocycles. The molecule has 0 atom stereocenters. The molecule has 14 heteroatoms. The van der Waals surface area contributed by atoms with Crippen LogP contribution in [0.4, 0.5) is 0 Å². The van der Waals surface area contributed by atoms with Gasteiger partial charge in [0.2, 0.25) is 11.8 Å². The third kappa shape index (κ3) is 4.96. The van der Waals surface area contributed by atoms with E-state index in [2.05, 4.69) is 49.6 Å². The van der Waals surface area contributed by atoms with E-state index in [1.165, 1.54) is 17.3 Å². The summed E-state index contributed by atoms with van der Waals surface area (Å²) in [4.78, 5) is 34.2. The maximum Gasteiger partial charge on any atom is 0.326 e. The minimum atomic E-state index is -4.16. The molecule has 2 N–H and O–H groups in total. The van der Waals surface area contributed by atoms with Crippen molar-refractivity contribution in [2.45, 2.75) is 61.4 Å². The number of aromatic nitrogens is 6. The molecule has 2 aliphatic carbocycles. The van der Waals surface area contributed by atoms with Crippen LogP contribution in [-0.4, -0.2) is 55.3 Å². The Morgan fingerprint density at radius 1 is 1.22 bits per heavy atom. The number of aryl methyl sites for hydroxylation is 1. The minimum absolute atomic E-state index is 0.0971. The zero-order chi connectivity index (χ0) is 32.4. The second kappa shape index (κ2) is 11.4. The Labute approximate surface area is 279 Å². The summed E-state index contributed by atoms with van der Waals surface area (Å²) in [6.45, 7) is 3.94. The van der Waals surface area contributed by atoms with Gasteiger partial charge in [-0.1, -0.05) is 24.3 Å². The largest absolute Gasteiger partial charge is 0.479 e. The van der Waals surface area contributed by atoms with Crippen molar-refractivity contribution in [1.82, 2.24) is 33.6 Å². The Hall–Kier alpha value is -3.92. The highest BCUT2D eigenvalue weighted by molar-refractivity contribution is 14.1. The minimum Gasteiger partial charge on any atom is -0.479 e. The van der Waals surface area contributed by atoms with Gasteiger partial charge in [0, 0.05) is 30.7 Å². The molecule has 5 aromatic rings. The molecule has 7 rings (SSSR count). The molecule has 46 heavy (non-hydrogen) atoms. The molecule has 0 unspecified atom stereocenters. The number of hydrogen-bond acceptors (Lipinski definition) is 7. The fourth-order valence-corrected chi connectivity index (χ4v) is 9.55. The summed E-state index contributed by atoms with van der Waals surface area (Å²) in [6.07, 6.45) is 10.3. The van der Waals surface area contributed by atoms with Crippen LogP contribution < -0.4 is 15.7 Å². The van der Waals surface area contributed by atoms with E-state index >= 15 is 0 Å². The lowest BCUT2D eigenvalue weighted by atomic mass is 9.77. The van der Waals surface area contributed by atoms with Crippen molar-refractivity contribution in [2.24, 2.45) is 13.0 Å². The third-order valence-corrected chi connectivity index (χ3v) is 12.0. The molecule has 0 radical (unpaired) electrons. The highest BCUT2D eigenvalue weighted by atomic mass is 127. The smallest absolute Gasteiger partial charge is 0.326 e. The summed E-state index contributed by atoms with van der Waals surface area (Å²) in [5, 5.41) is 8.26. The predicted molar refractivity (Wildman–Crippen MR) is 182 cm³/mol. The second-order valence-corrected chi connectivity index (χ2v) is 15.1. The predicted octanol–water partition coefficient (Wildman–Crippen LogP) is 4.89. The van der Waals surface area contributed by atoms with Crippen molar-refractivity contribution in [3.63, 3.8) is 0 Å². The van der Waals surface area contributed by atoms with E-state index in [1.807, 2.05) is 6.08 Å². The van der Waals surface area contributed by atoms with E-state index in [0.717, 1.165) is 12.8 Å². The van der Waals surface area contributed by atoms with E-state index in [0.29, 0.717) is 63.4 Å². The molecule has 0 spiro atoms. The number of ether oxygens (including phenoxy) is 1. The Morgan fingerprint density at radius 3 is 2.59 bits per heavy atom. The third-order valence-electron chi connectivity index (χ3n) is 9.23. The number of fused-ring (bicyclic) bond motifs is 3. The van der Waals surface area contributed by atoms with Crippen molar-refractivity contribution >= 4 is 60.6 Å². The van der Waals surface area contributed by atoms with Crippen LogP contribution in [0.3, 0.4) is 0 Å². The maximum absolute atomic E-state index is 14.4. The number of methoxy groups -OCH3 is 1. The number of imidazole rings is 1. The van der Waals surface area contributed by atoms with E-state index in [4.69, 9.17) is 4.74 Å². The standard InChI is InChI=1S/C32H34IN7O5S/c1-4-14-32(36-29(41)19-10-11-19)15-12-20(13-16-32)39-27-23(35-31(39)42)17-34-28-24(27)25(33)26(22-18-38(2)37-30(22)45-3)40(28)46(43,44)21-8-6-5-7-9-21/h4-9,17-20H,1,10-16H2,2-3H3,(H,35,42)(H,36,41). The zero-order valence-corrected chi connectivity index (χ0v) is 28.5. The molecule has 0 aliphatic heterocycles. The highest BCUT2D eigenvalue weighted by Gasteiger charge is 2.41. The van der Waals surface area contributed by atoms with E-state index in [9.17, 15) is 18.0 Å². The highest BCUT2D eigenvalue weighted by Crippen LogP contribution is 2.44. The zero-order valence-electron chi connectivity index (χ0n) is 25.5. The Kier molecular flexibility index (Phi) is 7.61. The molecule has 0 bridgehead atoms.